The minimum atomic E-state index is -4.91. The summed E-state index contributed by atoms with van der Waals surface area (Å²) in [5.74, 6) is -14.9. The zero-order valence-corrected chi connectivity index (χ0v) is 73.1. The van der Waals surface area contributed by atoms with Crippen LogP contribution in [0.4, 0.5) is 23.7 Å². The van der Waals surface area contributed by atoms with Gasteiger partial charge in [0.05, 0.1) is 41.3 Å². The van der Waals surface area contributed by atoms with Gasteiger partial charge in [-0.15, -0.1) is 13.2 Å². The lowest BCUT2D eigenvalue weighted by Gasteiger charge is -2.46. The number of piperazine rings is 1. The van der Waals surface area contributed by atoms with Crippen LogP contribution in [0.5, 0.6) is 51.7 Å². The van der Waals surface area contributed by atoms with E-state index in [-0.39, 0.29) is 54.2 Å². The number of nitrogens with one attached hydrogen (secondary N) is 10. The number of carbonyl (C=O) groups excluding carboxylic acids is 8. The van der Waals surface area contributed by atoms with Crippen molar-refractivity contribution in [3.63, 3.8) is 0 Å². The number of halogens is 5. The maximum Gasteiger partial charge on any atom is 0.573 e. The second kappa shape index (κ2) is 41.9. The fourth-order valence-electron chi connectivity index (χ4n) is 16.4. The molecule has 4 fully saturated rings. The van der Waals surface area contributed by atoms with Crippen molar-refractivity contribution in [3.05, 3.63) is 141 Å². The molecule has 6 aromatic carbocycles. The predicted molar refractivity (Wildman–Crippen MR) is 456 cm³/mol. The average molecular weight is 1910 g/mol. The fraction of sp³-hybridized carbons (Fsp3) is 0.482. The van der Waals surface area contributed by atoms with E-state index >= 15 is 24.0 Å². The van der Waals surface area contributed by atoms with Gasteiger partial charge < -0.3 is 163 Å². The first-order valence-corrected chi connectivity index (χ1v) is 42.9. The number of aromatic hydroxyl groups is 3. The molecule has 0 spiro atoms. The SMILES string of the molecule is CN[C@H](CC(C)C)C(=O)NC1C(=O)N[C@H](CC(N)=O)C(=O)N[C@H]2C(=O)N[C@H]3C(=O)N[C@H](C(=O)N[C@@H](O)c4cc(O)cc(O)c4-c4cc3ccc4O)[C@H](O[C@H]3C[C@](C)(N)[C@@H](O)[C@H](C)O3)c3ccc(c(Cl)c3)Oc3cc2cc(c3O[C@@H]2O[C@H](CO)[C@@H](O[C@@H]3O[C@H](CNCCN4CCN(NC(=O)Nc5ccc(OC(F)(F)F)cc5)CC4)[C@H](O)[C@H](O)[C@H]3O)[C@H](O)[C@H]2O)Oc2ccc(cc2Cl)[C@H]1O. The lowest BCUT2D eigenvalue weighted by Crippen LogP contribution is -2.65. The molecular weight excluding hydrogens is 1810 g/mol. The molecule has 9 heterocycles. The van der Waals surface area contributed by atoms with Crippen molar-refractivity contribution < 1.29 is 155 Å². The van der Waals surface area contributed by atoms with Gasteiger partial charge in [-0.25, -0.2) is 9.80 Å². The van der Waals surface area contributed by atoms with Gasteiger partial charge >= 0.3 is 12.4 Å². The van der Waals surface area contributed by atoms with E-state index in [1.165, 1.54) is 51.2 Å². The lowest BCUT2D eigenvalue weighted by atomic mass is 9.86. The third-order valence-corrected chi connectivity index (χ3v) is 23.9. The Labute approximate surface area is 765 Å². The Bertz CT molecular complexity index is 5270. The zero-order chi connectivity index (χ0) is 96.3. The predicted octanol–water partition coefficient (Wildman–Crippen LogP) is -0.354. The van der Waals surface area contributed by atoms with Crippen LogP contribution in [0, 0.1) is 5.92 Å². The standard InChI is InChI=1S/C85H103Cl2F3N14O29/c1-34(2)22-47(93-5)75(118)99-62-64(110)37-7-14-51(45(86)24-37)126-53-26-39-27-54(71(53)131-82-69(115)67(113)72(56(33-105)129-82)132-81-68(114)66(112)65(111)55(128-81)32-94-16-17-103-18-20-104(21-19-103)102-83(124)95-40-9-11-42(12-10-40)133-85(88,89)90)127-52-15-8-38(25-46(52)87)70(130-58-31-84(4,92)73(116)35(3)125-58)63-80(123)101-74(117)44-28-41(106)29-50(108)59(44)43-23-36(6-13-49(43)107)60(77(120)100-63)98-78(121)61(39)97-76(119)48(30-57(91)109)96-79(62)122/h6-15,23-29,34-35,47-48,55-56,58,60-70,72-74,81-82,93-94,105-108,110-117H,16-22,30-33,92H2,1-5H3,(H2,91,109)(H,96,122)(H,97,119)(H,98,121)(H,99,118)(H,100,120)(H,101,123)(H2,95,102,124)/t35-,47+,48+,55+,56+,58-,60+,61+,62?,63-,64+,65-,66-,67+,68+,69+,70+,72+,73-,74-,81-,82-,84-/m0/s1. The molecule has 133 heavy (non-hydrogen) atoms. The van der Waals surface area contributed by atoms with Crippen molar-refractivity contribution >= 4 is 76.3 Å². The number of nitrogens with zero attached hydrogens (tertiary/aromatic N) is 2. The number of phenols is 3. The molecule has 4 saturated heterocycles. The molecule has 0 saturated carbocycles. The number of carbonyl (C=O) groups is 8. The number of rotatable bonds is 22. The molecule has 11 bridgehead atoms. The Morgan fingerprint density at radius 1 is 0.669 bits per heavy atom. The van der Waals surface area contributed by atoms with Crippen molar-refractivity contribution in [1.82, 2.24) is 57.9 Å². The highest BCUT2D eigenvalue weighted by Gasteiger charge is 2.53. The molecule has 0 aliphatic carbocycles. The summed E-state index contributed by atoms with van der Waals surface area (Å²) in [6.07, 6.45) is -36.5. The van der Waals surface area contributed by atoms with Crippen molar-refractivity contribution in [3.8, 4) is 62.9 Å². The summed E-state index contributed by atoms with van der Waals surface area (Å²) in [6.45, 7) is 7.37. The topological polar surface area (TPSA) is 641 Å². The molecule has 43 nitrogen and oxygen atoms in total. The molecule has 9 aliphatic rings. The molecule has 6 aromatic rings. The van der Waals surface area contributed by atoms with Crippen LogP contribution in [0.15, 0.2) is 103 Å². The first kappa shape index (κ1) is 99.6. The number of aliphatic hydroxyl groups excluding tert-OH is 9. The summed E-state index contributed by atoms with van der Waals surface area (Å²) >= 11 is 14.5. The third kappa shape index (κ3) is 23.4. The van der Waals surface area contributed by atoms with E-state index in [2.05, 4.69) is 58.0 Å². The molecule has 722 valence electrons. The van der Waals surface area contributed by atoms with E-state index < -0.39 is 291 Å². The minimum absolute atomic E-state index is 0.135. The van der Waals surface area contributed by atoms with E-state index in [0.29, 0.717) is 32.7 Å². The average Bonchev–Trinajstić information content (AvgIpc) is 0.762. The van der Waals surface area contributed by atoms with E-state index in [1.54, 1.807) is 18.9 Å². The Morgan fingerprint density at radius 3 is 1.92 bits per heavy atom. The van der Waals surface area contributed by atoms with Crippen LogP contribution in [0.1, 0.15) is 105 Å². The number of nitrogens with two attached hydrogens (primary N) is 2. The van der Waals surface area contributed by atoms with Gasteiger partial charge in [0, 0.05) is 86.2 Å². The first-order chi connectivity index (χ1) is 62.9. The molecule has 26 N–H and O–H groups in total. The minimum Gasteiger partial charge on any atom is -0.508 e. The van der Waals surface area contributed by atoms with Crippen LogP contribution >= 0.6 is 23.2 Å². The van der Waals surface area contributed by atoms with Gasteiger partial charge in [-0.2, -0.15) is 0 Å². The molecule has 23 atom stereocenters. The van der Waals surface area contributed by atoms with E-state index in [9.17, 15) is 88.8 Å². The number of urea groups is 1. The summed E-state index contributed by atoms with van der Waals surface area (Å²) in [7, 11) is 1.46. The van der Waals surface area contributed by atoms with Crippen molar-refractivity contribution in [2.75, 3.05) is 64.8 Å². The van der Waals surface area contributed by atoms with Crippen LogP contribution in [0.25, 0.3) is 11.1 Å². The van der Waals surface area contributed by atoms with Gasteiger partial charge in [0.15, 0.2) is 30.3 Å². The molecule has 1 unspecified atom stereocenters. The van der Waals surface area contributed by atoms with Crippen LogP contribution < -0.4 is 83.7 Å². The largest absolute Gasteiger partial charge is 0.573 e. The number of hydrogen-bond acceptors (Lipinski definition) is 34. The maximum absolute atomic E-state index is 16.4. The second-order valence-corrected chi connectivity index (χ2v) is 34.5. The van der Waals surface area contributed by atoms with Crippen LogP contribution in [0.2, 0.25) is 10.0 Å². The Morgan fingerprint density at radius 2 is 1.29 bits per heavy atom. The van der Waals surface area contributed by atoms with E-state index in [0.717, 1.165) is 72.8 Å². The monoisotopic (exact) mass is 1910 g/mol. The Balaban J connectivity index is 0.875. The number of hydrazine groups is 1. The van der Waals surface area contributed by atoms with Crippen molar-refractivity contribution in [1.29, 1.82) is 0 Å². The number of anilines is 1. The molecule has 48 heteroatoms. The smallest absolute Gasteiger partial charge is 0.508 e. The number of phenolic OH excluding ortho intramolecular Hbond substituents is 3. The summed E-state index contributed by atoms with van der Waals surface area (Å²) in [5, 5.41) is 165. The summed E-state index contributed by atoms with van der Waals surface area (Å²) in [5.41, 5.74) is 11.3. The zero-order valence-electron chi connectivity index (χ0n) is 71.6. The van der Waals surface area contributed by atoms with Gasteiger partial charge in [0.2, 0.25) is 53.4 Å². The maximum atomic E-state index is 16.4. The van der Waals surface area contributed by atoms with Gasteiger partial charge in [-0.05, 0) is 134 Å². The third-order valence-electron chi connectivity index (χ3n) is 23.3. The van der Waals surface area contributed by atoms with Crippen molar-refractivity contribution in [2.45, 2.75) is 193 Å². The molecule has 9 aliphatic heterocycles. The van der Waals surface area contributed by atoms with Crippen molar-refractivity contribution in [2.24, 2.45) is 17.4 Å². The number of likely N-dealkylation sites (N-methyl/N-ethyl adjacent to an activating group) is 1. The summed E-state index contributed by atoms with van der Waals surface area (Å²) in [6, 6.07) is 5.59. The highest BCUT2D eigenvalue weighted by molar-refractivity contribution is 6.32. The van der Waals surface area contributed by atoms with Gasteiger partial charge in [-0.3, -0.25) is 43.9 Å². The summed E-state index contributed by atoms with van der Waals surface area (Å²) < 4.78 is 93.1. The van der Waals surface area contributed by atoms with Gasteiger partial charge in [0.1, 0.15) is 126 Å². The lowest BCUT2D eigenvalue weighted by molar-refractivity contribution is -0.350. The van der Waals surface area contributed by atoms with E-state index in [4.69, 9.17) is 72.6 Å². The van der Waals surface area contributed by atoms with E-state index in [1.807, 2.05) is 4.90 Å². The molecule has 9 amide bonds. The van der Waals surface area contributed by atoms with Crippen LogP contribution in [-0.2, 0) is 57.2 Å². The van der Waals surface area contributed by atoms with Gasteiger partial charge in [0.25, 0.3) is 0 Å². The van der Waals surface area contributed by atoms with Crippen LogP contribution in [0.3, 0.4) is 0 Å². The molecule has 15 rings (SSSR count). The number of aliphatic hydroxyl groups is 9. The number of alkyl halides is 3. The number of primary amides is 1. The quantitative estimate of drug-likeness (QED) is 0.0386. The highest BCUT2D eigenvalue weighted by Crippen LogP contribution is 2.50. The van der Waals surface area contributed by atoms with Gasteiger partial charge in [-0.1, -0.05) is 55.2 Å². The first-order valence-electron chi connectivity index (χ1n) is 42.1. The number of ether oxygens (including phenoxy) is 9. The molecular formula is C85H103Cl2F3N14O29. The second-order valence-electron chi connectivity index (χ2n) is 33.6. The fourth-order valence-corrected chi connectivity index (χ4v) is 16.8. The molecule has 0 aromatic heterocycles. The number of amides is 9. The number of benzene rings is 6. The Hall–Kier alpha value is -10.9. The Kier molecular flexibility index (Phi) is 31.4. The number of hydrogen-bond donors (Lipinski definition) is 24. The number of fused-ring (bicyclic) bond motifs is 15. The molecule has 0 radical (unpaired) electrons. The summed E-state index contributed by atoms with van der Waals surface area (Å²) in [4.78, 5) is 121. The van der Waals surface area contributed by atoms with Crippen LogP contribution in [-0.4, -0.2) is 294 Å². The highest BCUT2D eigenvalue weighted by atomic mass is 35.5. The normalized spacial score (nSPS) is 29.8.